The number of ketones is 1. The van der Waals surface area contributed by atoms with Crippen LogP contribution in [0.1, 0.15) is 21.3 Å². The van der Waals surface area contributed by atoms with Gasteiger partial charge in [0.05, 0.1) is 31.5 Å². The number of methoxy groups -OCH3 is 2. The Kier molecular flexibility index (Phi) is 5.75. The molecule has 0 radical (unpaired) electrons. The molecule has 0 spiro atoms. The molecule has 0 aliphatic rings. The molecule has 1 unspecified atom stereocenters. The lowest BCUT2D eigenvalue weighted by Crippen LogP contribution is -2.12. The second kappa shape index (κ2) is 8.21. The SMILES string of the molecule is COc1ccc(C(=O)C(C#N)c2nc(-c3ccc(Cl)cc3)cs2)c(OC)c1. The van der Waals surface area contributed by atoms with Crippen LogP contribution in [0.25, 0.3) is 11.3 Å². The number of benzene rings is 2. The Hall–Kier alpha value is -2.88. The molecular formula is C20H15ClN2O3S. The number of rotatable bonds is 6. The third-order valence-electron chi connectivity index (χ3n) is 3.97. The van der Waals surface area contributed by atoms with Crippen molar-refractivity contribution in [3.05, 3.63) is 63.4 Å². The van der Waals surface area contributed by atoms with Crippen LogP contribution < -0.4 is 9.47 Å². The normalized spacial score (nSPS) is 11.5. The van der Waals surface area contributed by atoms with Crippen LogP contribution in [-0.2, 0) is 0 Å². The highest BCUT2D eigenvalue weighted by atomic mass is 35.5. The van der Waals surface area contributed by atoms with Crippen molar-refractivity contribution in [1.82, 2.24) is 4.98 Å². The van der Waals surface area contributed by atoms with Gasteiger partial charge >= 0.3 is 0 Å². The van der Waals surface area contributed by atoms with E-state index in [9.17, 15) is 10.1 Å². The first-order chi connectivity index (χ1) is 13.1. The molecule has 0 aliphatic carbocycles. The van der Waals surface area contributed by atoms with E-state index in [2.05, 4.69) is 11.1 Å². The molecular weight excluding hydrogens is 384 g/mol. The van der Waals surface area contributed by atoms with Gasteiger partial charge < -0.3 is 9.47 Å². The lowest BCUT2D eigenvalue weighted by Gasteiger charge is -2.11. The zero-order valence-electron chi connectivity index (χ0n) is 14.6. The minimum atomic E-state index is -1.02. The third kappa shape index (κ3) is 3.95. The first-order valence-electron chi connectivity index (χ1n) is 7.94. The van der Waals surface area contributed by atoms with E-state index >= 15 is 0 Å². The van der Waals surface area contributed by atoms with Gasteiger partial charge in [-0.3, -0.25) is 4.79 Å². The fourth-order valence-corrected chi connectivity index (χ4v) is 3.55. The van der Waals surface area contributed by atoms with Crippen molar-refractivity contribution < 1.29 is 14.3 Å². The maximum absolute atomic E-state index is 13.0. The highest BCUT2D eigenvalue weighted by Crippen LogP contribution is 2.32. The molecule has 0 bridgehead atoms. The molecule has 7 heteroatoms. The van der Waals surface area contributed by atoms with Gasteiger partial charge in [0, 0.05) is 22.0 Å². The number of thiazole rings is 1. The largest absolute Gasteiger partial charge is 0.497 e. The summed E-state index contributed by atoms with van der Waals surface area (Å²) in [6.07, 6.45) is 0. The Morgan fingerprint density at radius 2 is 1.93 bits per heavy atom. The van der Waals surface area contributed by atoms with Gasteiger partial charge in [0.2, 0.25) is 0 Å². The second-order valence-electron chi connectivity index (χ2n) is 5.57. The summed E-state index contributed by atoms with van der Waals surface area (Å²) < 4.78 is 10.4. The summed E-state index contributed by atoms with van der Waals surface area (Å²) in [6.45, 7) is 0. The molecule has 0 saturated carbocycles. The van der Waals surface area contributed by atoms with E-state index < -0.39 is 5.92 Å². The lowest BCUT2D eigenvalue weighted by molar-refractivity contribution is 0.0976. The second-order valence-corrected chi connectivity index (χ2v) is 6.90. The Morgan fingerprint density at radius 1 is 1.19 bits per heavy atom. The van der Waals surface area contributed by atoms with Gasteiger partial charge in [-0.1, -0.05) is 23.7 Å². The molecule has 1 heterocycles. The van der Waals surface area contributed by atoms with Crippen LogP contribution in [0.2, 0.25) is 5.02 Å². The number of ether oxygens (including phenoxy) is 2. The number of nitrogens with zero attached hydrogens (tertiary/aromatic N) is 2. The molecule has 1 aromatic heterocycles. The topological polar surface area (TPSA) is 72.2 Å². The molecule has 2 aromatic carbocycles. The van der Waals surface area contributed by atoms with Gasteiger partial charge in [-0.05, 0) is 24.3 Å². The maximum atomic E-state index is 13.0. The van der Waals surface area contributed by atoms with Crippen LogP contribution >= 0.6 is 22.9 Å². The summed E-state index contributed by atoms with van der Waals surface area (Å²) in [5.74, 6) is -0.461. The van der Waals surface area contributed by atoms with E-state index in [1.54, 1.807) is 30.3 Å². The van der Waals surface area contributed by atoms with E-state index in [-0.39, 0.29) is 5.78 Å². The predicted octanol–water partition coefficient (Wildman–Crippen LogP) is 4.97. The van der Waals surface area contributed by atoms with Crippen molar-refractivity contribution in [1.29, 1.82) is 5.26 Å². The molecule has 0 N–H and O–H groups in total. The average Bonchev–Trinajstić information content (AvgIpc) is 3.18. The number of hydrogen-bond donors (Lipinski definition) is 0. The average molecular weight is 399 g/mol. The summed E-state index contributed by atoms with van der Waals surface area (Å²) in [4.78, 5) is 17.4. The third-order valence-corrected chi connectivity index (χ3v) is 5.14. The Labute approximate surface area is 165 Å². The van der Waals surface area contributed by atoms with E-state index in [1.807, 2.05) is 17.5 Å². The van der Waals surface area contributed by atoms with E-state index in [1.165, 1.54) is 25.6 Å². The summed E-state index contributed by atoms with van der Waals surface area (Å²) in [5, 5.41) is 12.5. The maximum Gasteiger partial charge on any atom is 0.190 e. The number of carbonyl (C=O) groups excluding carboxylic acids is 1. The number of Topliss-reactive ketones (excluding diaryl/α,β-unsaturated/α-hetero) is 1. The van der Waals surface area contributed by atoms with Gasteiger partial charge in [0.15, 0.2) is 11.7 Å². The van der Waals surface area contributed by atoms with E-state index in [4.69, 9.17) is 21.1 Å². The lowest BCUT2D eigenvalue weighted by atomic mass is 9.98. The van der Waals surface area contributed by atoms with Gasteiger partial charge in [0.1, 0.15) is 16.5 Å². The smallest absolute Gasteiger partial charge is 0.190 e. The van der Waals surface area contributed by atoms with E-state index in [0.29, 0.717) is 32.8 Å². The highest BCUT2D eigenvalue weighted by molar-refractivity contribution is 7.10. The number of carbonyl (C=O) groups is 1. The number of halogens is 1. The fourth-order valence-electron chi connectivity index (χ4n) is 2.56. The molecule has 27 heavy (non-hydrogen) atoms. The molecule has 3 aromatic rings. The zero-order valence-corrected chi connectivity index (χ0v) is 16.2. The zero-order chi connectivity index (χ0) is 19.4. The van der Waals surface area contributed by atoms with E-state index in [0.717, 1.165) is 5.56 Å². The molecule has 0 aliphatic heterocycles. The Bertz CT molecular complexity index is 1010. The summed E-state index contributed by atoms with van der Waals surface area (Å²) in [5.41, 5.74) is 1.88. The van der Waals surface area contributed by atoms with Crippen molar-refractivity contribution in [3.63, 3.8) is 0 Å². The summed E-state index contributed by atoms with van der Waals surface area (Å²) in [6, 6.07) is 14.2. The van der Waals surface area contributed by atoms with Crippen LogP contribution in [0, 0.1) is 11.3 Å². The molecule has 136 valence electrons. The van der Waals surface area contributed by atoms with Gasteiger partial charge in [0.25, 0.3) is 0 Å². The number of hydrogen-bond acceptors (Lipinski definition) is 6. The standard InChI is InChI=1S/C20H15ClN2O3S/c1-25-14-7-8-15(18(9-14)26-2)19(24)16(10-22)20-23-17(11-27-20)12-3-5-13(21)6-4-12/h3-9,11,16H,1-2H3. The van der Waals surface area contributed by atoms with Gasteiger partial charge in [-0.2, -0.15) is 5.26 Å². The number of nitriles is 1. The quantitative estimate of drug-likeness (QED) is 0.548. The minimum Gasteiger partial charge on any atom is -0.497 e. The number of aromatic nitrogens is 1. The molecule has 3 rings (SSSR count). The molecule has 1 atom stereocenters. The molecule has 0 amide bonds. The summed E-state index contributed by atoms with van der Waals surface area (Å²) in [7, 11) is 3.00. The fraction of sp³-hybridized carbons (Fsp3) is 0.150. The molecule has 5 nitrogen and oxygen atoms in total. The van der Waals surface area contributed by atoms with Crippen LogP contribution in [0.5, 0.6) is 11.5 Å². The minimum absolute atomic E-state index is 0.313. The first-order valence-corrected chi connectivity index (χ1v) is 9.20. The van der Waals surface area contributed by atoms with Crippen molar-refractivity contribution in [3.8, 4) is 28.8 Å². The predicted molar refractivity (Wildman–Crippen MR) is 105 cm³/mol. The first kappa shape index (κ1) is 18.9. The monoisotopic (exact) mass is 398 g/mol. The van der Waals surface area contributed by atoms with Crippen molar-refractivity contribution in [2.24, 2.45) is 0 Å². The Morgan fingerprint density at radius 3 is 2.56 bits per heavy atom. The van der Waals surface area contributed by atoms with Gasteiger partial charge in [-0.25, -0.2) is 4.98 Å². The van der Waals surface area contributed by atoms with Crippen molar-refractivity contribution in [2.45, 2.75) is 5.92 Å². The molecule has 0 fully saturated rings. The van der Waals surface area contributed by atoms with Gasteiger partial charge in [-0.15, -0.1) is 11.3 Å². The van der Waals surface area contributed by atoms with Crippen LogP contribution in [-0.4, -0.2) is 25.0 Å². The summed E-state index contributed by atoms with van der Waals surface area (Å²) >= 11 is 7.18. The van der Waals surface area contributed by atoms with Crippen LogP contribution in [0.4, 0.5) is 0 Å². The Balaban J connectivity index is 1.93. The molecule has 0 saturated heterocycles. The van der Waals surface area contributed by atoms with Crippen molar-refractivity contribution in [2.75, 3.05) is 14.2 Å². The van der Waals surface area contributed by atoms with Crippen LogP contribution in [0.15, 0.2) is 47.8 Å². The van der Waals surface area contributed by atoms with Crippen LogP contribution in [0.3, 0.4) is 0 Å². The highest BCUT2D eigenvalue weighted by Gasteiger charge is 2.27. The van der Waals surface area contributed by atoms with Crippen molar-refractivity contribution >= 4 is 28.7 Å².